The van der Waals surface area contributed by atoms with Crippen LogP contribution in [-0.4, -0.2) is 339 Å². The van der Waals surface area contributed by atoms with Crippen LogP contribution in [0.5, 0.6) is 35.5 Å². The zero-order chi connectivity index (χ0) is 105. The number of amides is 3. The molecule has 6 aromatic rings. The standard InChI is InChI=1S/C29H35ClFN7O3.C22H29FN6O2.C21H28FN7O2.C20H29N5O.C8H7ClO2.C3H3FO2/c1-18-11-24(30)26(39)12-20(18)13-36-15-23-25(16-36)33-29(41-17-22-5-4-8-35(22)3)34-27(23)37-9-10-38(28(40)19(2)31)21(14-37)6-7-32;1-15(23)21(30)29-11-10-28(13-17(29)12-24-2)20-18-7-4-8-19(18)25-22(26-20)31-14-16-6-5-9-27(16)3;1-14(22)20(30)29-8-7-28(12-16(29)9-23-2)19-17-10-24-11-18(17)25-21(26-19)31-13-15-5-4-6-27(15)3;1-21-12-15-6-4-11-25(13-15)19-17-8-3-9-18(17)22-20(23-19)26-14-16-7-5-10-24(16)2;1-5-2-7(9)8(11)3-6(5)4-10;1-2(4)3(5)6/h11-12,21-22,39H,2,4-6,8-10,13-17H2,1,3H3;16-17H,1,4-14H2,3H3;15-16,24H,1,4-13H2,3H3;15-16H,3-14H2,2H3;2-4,11H,1H3;1H2,(H,5,6)/t21-,22-;16-,17-;2*15-,16-;;/m0000../s1. The lowest BCUT2D eigenvalue weighted by Gasteiger charge is -2.41. The van der Waals surface area contributed by atoms with Crippen LogP contribution in [0.15, 0.2) is 73.9 Å². The molecule has 37 nitrogen and oxygen atoms in total. The van der Waals surface area contributed by atoms with E-state index in [0.29, 0.717) is 195 Å². The van der Waals surface area contributed by atoms with E-state index >= 15 is 0 Å². The molecule has 12 aliphatic rings. The molecule has 43 heteroatoms. The van der Waals surface area contributed by atoms with Gasteiger partial charge in [-0.2, -0.15) is 49.5 Å². The molecule has 8 atom stereocenters. The molecule has 8 saturated heterocycles. The van der Waals surface area contributed by atoms with E-state index in [-0.39, 0.29) is 42.6 Å². The molecule has 10 aliphatic heterocycles. The number of halogens is 6. The number of aliphatic carboxylic acids is 1. The number of aromatic hydroxyl groups is 2. The zero-order valence-corrected chi connectivity index (χ0v) is 85.5. The van der Waals surface area contributed by atoms with Gasteiger partial charge in [0.25, 0.3) is 17.7 Å². The van der Waals surface area contributed by atoms with Gasteiger partial charge in [0.15, 0.2) is 17.5 Å². The zero-order valence-electron chi connectivity index (χ0n) is 84.0. The first-order chi connectivity index (χ1) is 70.1. The number of carbonyl (C=O) groups excluding carboxylic acids is 4. The number of piperazine rings is 3. The van der Waals surface area contributed by atoms with E-state index in [1.165, 1.54) is 57.7 Å². The number of anilines is 4. The minimum atomic E-state index is -1.60. The number of ether oxygens (including phenoxy) is 4. The number of likely N-dealkylation sites (tertiary alicyclic amines) is 4. The molecule has 0 radical (unpaired) electrons. The number of carbonyl (C=O) groups is 5. The van der Waals surface area contributed by atoms with E-state index in [1.54, 1.807) is 25.1 Å². The van der Waals surface area contributed by atoms with Crippen molar-refractivity contribution >= 4 is 76.5 Å². The topological polar surface area (TPSA) is 374 Å². The highest BCUT2D eigenvalue weighted by Gasteiger charge is 2.42. The minimum Gasteiger partial charge on any atom is -0.506 e. The van der Waals surface area contributed by atoms with Crippen molar-refractivity contribution < 1.29 is 75.8 Å². The van der Waals surface area contributed by atoms with Crippen molar-refractivity contribution in [2.45, 2.75) is 198 Å². The second-order valence-electron chi connectivity index (χ2n) is 38.9. The maximum absolute atomic E-state index is 13.7. The van der Waals surface area contributed by atoms with Crippen LogP contribution in [-0.2, 0) is 77.6 Å². The Kier molecular flexibility index (Phi) is 39.4. The Hall–Kier alpha value is -12.7. The fraction of sp³-hybridized carbons (Fsp3) is 0.563. The number of hydrogen-bond acceptors (Lipinski definition) is 30. The number of aryl methyl sites for hydroxylation is 4. The van der Waals surface area contributed by atoms with Gasteiger partial charge >= 0.3 is 30.0 Å². The fourth-order valence-corrected chi connectivity index (χ4v) is 21.2. The normalized spacial score (nSPS) is 21.6. The summed E-state index contributed by atoms with van der Waals surface area (Å²) in [5.74, 6) is -4.36. The number of piperidine rings is 1. The quantitative estimate of drug-likeness (QED) is 0.0161. The van der Waals surface area contributed by atoms with Crippen LogP contribution in [0.1, 0.15) is 156 Å². The molecular formula is C103H131Cl2F4N25O12. The van der Waals surface area contributed by atoms with E-state index in [4.69, 9.17) is 102 Å². The van der Waals surface area contributed by atoms with Crippen LogP contribution in [0.3, 0.4) is 0 Å². The van der Waals surface area contributed by atoms with Gasteiger partial charge in [0, 0.05) is 163 Å². The number of aromatic nitrogens is 8. The number of hydrogen-bond donors (Lipinski definition) is 4. The van der Waals surface area contributed by atoms with Crippen molar-refractivity contribution in [3.05, 3.63) is 185 Å². The van der Waals surface area contributed by atoms with Gasteiger partial charge in [-0.05, 0) is 212 Å². The molecule has 0 bridgehead atoms. The summed E-state index contributed by atoms with van der Waals surface area (Å²) < 4.78 is 75.9. The number of likely N-dealkylation sites (N-methyl/N-ethyl adjacent to an activating group) is 4. The third-order valence-electron chi connectivity index (χ3n) is 29.0. The molecule has 2 aromatic carbocycles. The molecule has 18 rings (SSSR count). The van der Waals surface area contributed by atoms with Crippen LogP contribution < -0.4 is 43.9 Å². The average molecular weight is 2060 g/mol. The van der Waals surface area contributed by atoms with Crippen LogP contribution in [0.2, 0.25) is 10.0 Å². The second kappa shape index (κ2) is 52.1. The van der Waals surface area contributed by atoms with Crippen molar-refractivity contribution in [1.82, 2.24) is 84.4 Å². The van der Waals surface area contributed by atoms with Gasteiger partial charge in [-0.25, -0.2) is 37.7 Å². The van der Waals surface area contributed by atoms with E-state index in [0.717, 1.165) is 184 Å². The lowest BCUT2D eigenvalue weighted by molar-refractivity contribution is -0.134. The Labute approximate surface area is 860 Å². The van der Waals surface area contributed by atoms with Gasteiger partial charge in [0.1, 0.15) is 79.6 Å². The number of nitriles is 1. The van der Waals surface area contributed by atoms with Gasteiger partial charge < -0.3 is 108 Å². The third-order valence-corrected chi connectivity index (χ3v) is 29.6. The summed E-state index contributed by atoms with van der Waals surface area (Å²) in [4.78, 5) is 129. The Morgan fingerprint density at radius 1 is 0.466 bits per heavy atom. The Balaban J connectivity index is 0.000000156. The van der Waals surface area contributed by atoms with Gasteiger partial charge in [0.2, 0.25) is 25.5 Å². The van der Waals surface area contributed by atoms with Crippen molar-refractivity contribution in [3.8, 4) is 41.6 Å². The average Bonchev–Trinajstić information content (AvgIpc) is 1.52. The first-order valence-corrected chi connectivity index (χ1v) is 50.6. The highest BCUT2D eigenvalue weighted by atomic mass is 35.5. The molecule has 0 spiro atoms. The van der Waals surface area contributed by atoms with Gasteiger partial charge in [-0.15, -0.1) is 0 Å². The third kappa shape index (κ3) is 28.4. The Morgan fingerprint density at radius 2 is 0.849 bits per heavy atom. The SMILES string of the molecule is C=C(F)C(=O)N1CCN(c2nc(OC[C@@H]3CCCN3C)nc3c2CN(Cc2cc(O)c(Cl)cc2C)C3)C[C@@H]1CC#N.C=C(F)C(=O)O.Cc1cc(Cl)c(O)cc1C=O.[C-]#[N+]C[C@@H]1CCCN(c2nc(OC[C@@H]3CCCN3C)nc3c2CCC3)C1.[C-]#[N+]C[C@H]1CN(c2nc(OC[C@@H]3CCCN3C)nc3c2CCC3)CCN1C(=O)C(=C)F.[C-]#[N+]C[C@H]1CN(c2nc(OC[C@@H]3CCCN3C)nc3c2CNC3)CCN1C(=O)C(=C)F. The number of aldehydes is 1. The van der Waals surface area contributed by atoms with Crippen LogP contribution >= 0.6 is 23.2 Å². The van der Waals surface area contributed by atoms with E-state index in [9.17, 15) is 51.9 Å². The summed E-state index contributed by atoms with van der Waals surface area (Å²) in [6, 6.07) is 10.3. The summed E-state index contributed by atoms with van der Waals surface area (Å²) in [7, 11) is 8.47. The maximum Gasteiger partial charge on any atom is 0.364 e. The Bertz CT molecular complexity index is 5770. The summed E-state index contributed by atoms with van der Waals surface area (Å²) in [6.07, 6.45) is 18.3. The van der Waals surface area contributed by atoms with Gasteiger partial charge in [-0.3, -0.25) is 24.1 Å². The maximum atomic E-state index is 13.7. The molecular weight excluding hydrogens is 1930 g/mol. The Morgan fingerprint density at radius 3 is 1.25 bits per heavy atom. The van der Waals surface area contributed by atoms with Crippen molar-refractivity contribution in [1.29, 1.82) is 5.26 Å². The van der Waals surface area contributed by atoms with E-state index in [2.05, 4.69) is 130 Å². The number of phenols is 2. The van der Waals surface area contributed by atoms with E-state index < -0.39 is 65.1 Å². The predicted octanol–water partition coefficient (Wildman–Crippen LogP) is 11.7. The van der Waals surface area contributed by atoms with Gasteiger partial charge in [-0.1, -0.05) is 49.5 Å². The highest BCUT2D eigenvalue weighted by Crippen LogP contribution is 2.40. The number of phenolic OH excluding ortho intramolecular Hbond substituents is 2. The van der Waals surface area contributed by atoms with Crippen LogP contribution in [0, 0.1) is 50.8 Å². The number of nitrogens with one attached hydrogen (secondary N) is 1. The number of rotatable bonds is 27. The van der Waals surface area contributed by atoms with E-state index in [1.807, 2.05) is 11.8 Å². The van der Waals surface area contributed by atoms with Crippen molar-refractivity contribution in [2.24, 2.45) is 5.92 Å². The molecule has 4 aromatic heterocycles. The number of carboxylic acid groups (broad SMARTS) is 1. The molecule has 0 saturated carbocycles. The molecule has 3 amide bonds. The van der Waals surface area contributed by atoms with Crippen LogP contribution in [0.25, 0.3) is 14.5 Å². The molecule has 8 fully saturated rings. The minimum absolute atomic E-state index is 0.0453. The second-order valence-corrected chi connectivity index (χ2v) is 39.7. The van der Waals surface area contributed by atoms with Crippen molar-refractivity contribution in [2.75, 3.05) is 192 Å². The molecule has 782 valence electrons. The van der Waals surface area contributed by atoms with Crippen molar-refractivity contribution in [3.63, 3.8) is 0 Å². The number of benzene rings is 2. The molecule has 4 N–H and O–H groups in total. The summed E-state index contributed by atoms with van der Waals surface area (Å²) in [5.41, 5.74) is 11.6. The molecule has 0 unspecified atom stereocenters. The summed E-state index contributed by atoms with van der Waals surface area (Å²) in [5, 5.41) is 40.1. The highest BCUT2D eigenvalue weighted by molar-refractivity contribution is 6.32. The van der Waals surface area contributed by atoms with Crippen LogP contribution in [0.4, 0.5) is 40.8 Å². The number of fused-ring (bicyclic) bond motifs is 4. The first kappa shape index (κ1) is 111. The smallest absolute Gasteiger partial charge is 0.364 e. The largest absolute Gasteiger partial charge is 0.506 e. The number of nitrogens with zero attached hydrogens (tertiary/aromatic N) is 24. The fourth-order valence-electron chi connectivity index (χ4n) is 20.7. The summed E-state index contributed by atoms with van der Waals surface area (Å²) in [6.45, 7) is 53.2. The number of carboxylic acids is 1. The molecule has 2 aliphatic carbocycles. The van der Waals surface area contributed by atoms with Gasteiger partial charge in [0.05, 0.1) is 51.4 Å². The first-order valence-electron chi connectivity index (χ1n) is 49.8. The summed E-state index contributed by atoms with van der Waals surface area (Å²) >= 11 is 11.7. The molecule has 146 heavy (non-hydrogen) atoms. The predicted molar refractivity (Wildman–Crippen MR) is 543 cm³/mol. The monoisotopic (exact) mass is 2060 g/mol. The lowest BCUT2D eigenvalue weighted by Crippen LogP contribution is -2.56. The molecule has 14 heterocycles. The lowest BCUT2D eigenvalue weighted by atomic mass is 9.98.